The minimum absolute atomic E-state index is 0.254. The number of rotatable bonds is 6. The highest BCUT2D eigenvalue weighted by molar-refractivity contribution is 6.27. The van der Waals surface area contributed by atoms with E-state index in [0.29, 0.717) is 19.4 Å². The van der Waals surface area contributed by atoms with E-state index in [1.807, 2.05) is 60.8 Å². The number of nitrogens with one attached hydrogen (secondary N) is 1. The molecule has 4 rings (SSSR count). The molecule has 9 nitrogen and oxygen atoms in total. The highest BCUT2D eigenvalue weighted by atomic mass is 16.5. The van der Waals surface area contributed by atoms with Crippen molar-refractivity contribution in [2.75, 3.05) is 26.2 Å². The molecule has 0 saturated carbocycles. The lowest BCUT2D eigenvalue weighted by Gasteiger charge is -2.39. The number of piperidine rings is 1. The molecule has 0 unspecified atom stereocenters. The Hall–Kier alpha value is -3.40. The number of H-pyrrole nitrogens is 1. The van der Waals surface area contributed by atoms with E-state index in [1.165, 1.54) is 0 Å². The third kappa shape index (κ3) is 6.55. The molecule has 1 fully saturated rings. The number of carboxylic acid groups (broad SMARTS) is 2. The van der Waals surface area contributed by atoms with Crippen LogP contribution in [-0.2, 0) is 15.2 Å². The Morgan fingerprint density at radius 3 is 2.30 bits per heavy atom. The SMILES string of the molecule is O=C(O)C(=O)O.O[C@H](COc1cccc2[nH]ccc12)CN1CCC(O)(c2ccccc2)CC1. The van der Waals surface area contributed by atoms with E-state index in [0.717, 1.165) is 35.3 Å². The molecule has 9 heteroatoms. The highest BCUT2D eigenvalue weighted by Crippen LogP contribution is 2.32. The van der Waals surface area contributed by atoms with E-state index >= 15 is 0 Å². The number of aliphatic hydroxyl groups is 2. The van der Waals surface area contributed by atoms with Crippen LogP contribution in [0, 0.1) is 0 Å². The fraction of sp³-hybridized carbons (Fsp3) is 0.333. The summed E-state index contributed by atoms with van der Waals surface area (Å²) in [6, 6.07) is 17.7. The van der Waals surface area contributed by atoms with Crippen molar-refractivity contribution in [1.82, 2.24) is 9.88 Å². The Morgan fingerprint density at radius 1 is 1.00 bits per heavy atom. The van der Waals surface area contributed by atoms with Crippen molar-refractivity contribution >= 4 is 22.8 Å². The second kappa shape index (κ2) is 11.0. The molecule has 5 N–H and O–H groups in total. The van der Waals surface area contributed by atoms with Crippen LogP contribution in [0.1, 0.15) is 18.4 Å². The third-order valence-electron chi connectivity index (χ3n) is 5.63. The van der Waals surface area contributed by atoms with Gasteiger partial charge >= 0.3 is 11.9 Å². The van der Waals surface area contributed by atoms with Crippen molar-refractivity contribution < 1.29 is 34.8 Å². The minimum Gasteiger partial charge on any atom is -0.490 e. The lowest BCUT2D eigenvalue weighted by atomic mass is 9.84. The number of hydrogen-bond acceptors (Lipinski definition) is 6. The smallest absolute Gasteiger partial charge is 0.414 e. The van der Waals surface area contributed by atoms with Gasteiger partial charge in [0, 0.05) is 36.7 Å². The van der Waals surface area contributed by atoms with Crippen LogP contribution in [0.5, 0.6) is 5.75 Å². The molecule has 1 atom stereocenters. The standard InChI is InChI=1S/C22H26N2O3.C2H2O4/c25-18(16-27-21-8-4-7-20-19(21)9-12-23-20)15-24-13-10-22(26,11-14-24)17-5-2-1-3-6-17;3-1(4)2(5)6/h1-9,12,18,23,25-26H,10-11,13-16H2;(H,3,4)(H,5,6)/t18-;/m0./s1. The zero-order chi connectivity index (χ0) is 23.8. The molecule has 1 aliphatic rings. The maximum absolute atomic E-state index is 10.9. The maximum Gasteiger partial charge on any atom is 0.414 e. The largest absolute Gasteiger partial charge is 0.490 e. The number of carbonyl (C=O) groups is 2. The predicted molar refractivity (Wildman–Crippen MR) is 121 cm³/mol. The molecule has 2 heterocycles. The van der Waals surface area contributed by atoms with Crippen molar-refractivity contribution in [3.05, 3.63) is 66.4 Å². The summed E-state index contributed by atoms with van der Waals surface area (Å²) >= 11 is 0. The average molecular weight is 456 g/mol. The van der Waals surface area contributed by atoms with Crippen molar-refractivity contribution in [1.29, 1.82) is 0 Å². The van der Waals surface area contributed by atoms with Crippen LogP contribution < -0.4 is 4.74 Å². The molecule has 2 aromatic carbocycles. The van der Waals surface area contributed by atoms with Crippen LogP contribution >= 0.6 is 0 Å². The molecule has 1 aromatic heterocycles. The van der Waals surface area contributed by atoms with Crippen LogP contribution in [0.2, 0.25) is 0 Å². The summed E-state index contributed by atoms with van der Waals surface area (Å²) in [5.41, 5.74) is 1.25. The summed E-state index contributed by atoms with van der Waals surface area (Å²) in [5.74, 6) is -2.87. The Kier molecular flexibility index (Phi) is 8.05. The van der Waals surface area contributed by atoms with Gasteiger partial charge in [-0.3, -0.25) is 0 Å². The Labute approximate surface area is 190 Å². The van der Waals surface area contributed by atoms with Crippen LogP contribution in [0.25, 0.3) is 10.9 Å². The number of ether oxygens (including phenoxy) is 1. The van der Waals surface area contributed by atoms with Gasteiger partial charge in [0.15, 0.2) is 0 Å². The normalized spacial score (nSPS) is 16.4. The molecule has 1 saturated heterocycles. The Morgan fingerprint density at radius 2 is 1.67 bits per heavy atom. The number of likely N-dealkylation sites (tertiary alicyclic amines) is 1. The van der Waals surface area contributed by atoms with Gasteiger partial charge in [-0.2, -0.15) is 0 Å². The number of aromatic amines is 1. The van der Waals surface area contributed by atoms with Gasteiger partial charge < -0.3 is 35.0 Å². The number of aliphatic carboxylic acids is 2. The average Bonchev–Trinajstić information content (AvgIpc) is 3.30. The first-order valence-corrected chi connectivity index (χ1v) is 10.6. The van der Waals surface area contributed by atoms with Crippen LogP contribution in [0.15, 0.2) is 60.8 Å². The molecule has 33 heavy (non-hydrogen) atoms. The lowest BCUT2D eigenvalue weighted by Crippen LogP contribution is -2.46. The number of fused-ring (bicyclic) bond motifs is 1. The van der Waals surface area contributed by atoms with E-state index in [2.05, 4.69) is 9.88 Å². The van der Waals surface area contributed by atoms with E-state index in [4.69, 9.17) is 24.5 Å². The van der Waals surface area contributed by atoms with Gasteiger partial charge in [0.1, 0.15) is 18.5 Å². The lowest BCUT2D eigenvalue weighted by molar-refractivity contribution is -0.159. The number of aromatic nitrogens is 1. The maximum atomic E-state index is 10.9. The number of hydrogen-bond donors (Lipinski definition) is 5. The van der Waals surface area contributed by atoms with Gasteiger partial charge in [-0.1, -0.05) is 36.4 Å². The number of carboxylic acids is 2. The number of nitrogens with zero attached hydrogens (tertiary/aromatic N) is 1. The van der Waals surface area contributed by atoms with Crippen molar-refractivity contribution in [2.45, 2.75) is 24.5 Å². The molecule has 3 aromatic rings. The zero-order valence-corrected chi connectivity index (χ0v) is 18.1. The van der Waals surface area contributed by atoms with E-state index in [1.54, 1.807) is 0 Å². The summed E-state index contributed by atoms with van der Waals surface area (Å²) in [7, 11) is 0. The number of β-amino-alcohol motifs (C(OH)–C–C–N with tert-alkyl or cyclic N) is 1. The summed E-state index contributed by atoms with van der Waals surface area (Å²) in [4.78, 5) is 23.6. The van der Waals surface area contributed by atoms with Crippen LogP contribution in [0.4, 0.5) is 0 Å². The molecular weight excluding hydrogens is 428 g/mol. The quantitative estimate of drug-likeness (QED) is 0.355. The van der Waals surface area contributed by atoms with Crippen LogP contribution in [-0.4, -0.2) is 74.6 Å². The first kappa shape index (κ1) is 24.2. The molecule has 1 aliphatic heterocycles. The second-order valence-corrected chi connectivity index (χ2v) is 7.97. The first-order valence-electron chi connectivity index (χ1n) is 10.6. The van der Waals surface area contributed by atoms with Gasteiger partial charge in [-0.15, -0.1) is 0 Å². The van der Waals surface area contributed by atoms with Crippen LogP contribution in [0.3, 0.4) is 0 Å². The summed E-state index contributed by atoms with van der Waals surface area (Å²) in [5, 5.41) is 37.1. The fourth-order valence-electron chi connectivity index (χ4n) is 3.86. The molecule has 176 valence electrons. The molecule has 0 aliphatic carbocycles. The third-order valence-corrected chi connectivity index (χ3v) is 5.63. The first-order chi connectivity index (χ1) is 15.8. The highest BCUT2D eigenvalue weighted by Gasteiger charge is 2.34. The predicted octanol–water partition coefficient (Wildman–Crippen LogP) is 2.05. The van der Waals surface area contributed by atoms with Gasteiger partial charge in [0.2, 0.25) is 0 Å². The topological polar surface area (TPSA) is 143 Å². The van der Waals surface area contributed by atoms with Gasteiger partial charge in [0.25, 0.3) is 0 Å². The van der Waals surface area contributed by atoms with E-state index in [-0.39, 0.29) is 6.61 Å². The van der Waals surface area contributed by atoms with Crippen molar-refractivity contribution in [3.63, 3.8) is 0 Å². The number of benzene rings is 2. The monoisotopic (exact) mass is 456 g/mol. The molecule has 0 bridgehead atoms. The second-order valence-electron chi connectivity index (χ2n) is 7.97. The summed E-state index contributed by atoms with van der Waals surface area (Å²) < 4.78 is 5.85. The summed E-state index contributed by atoms with van der Waals surface area (Å²) in [6.45, 7) is 2.32. The Balaban J connectivity index is 0.000000454. The molecule has 0 spiro atoms. The van der Waals surface area contributed by atoms with Gasteiger partial charge in [-0.05, 0) is 36.6 Å². The van der Waals surface area contributed by atoms with E-state index in [9.17, 15) is 10.2 Å². The van der Waals surface area contributed by atoms with Gasteiger partial charge in [-0.25, -0.2) is 9.59 Å². The van der Waals surface area contributed by atoms with Crippen molar-refractivity contribution in [3.8, 4) is 5.75 Å². The minimum atomic E-state index is -1.82. The summed E-state index contributed by atoms with van der Waals surface area (Å²) in [6.07, 6.45) is 2.66. The number of aliphatic hydroxyl groups excluding tert-OH is 1. The molecular formula is C24H28N2O7. The molecule has 0 radical (unpaired) electrons. The van der Waals surface area contributed by atoms with Crippen molar-refractivity contribution in [2.24, 2.45) is 0 Å². The zero-order valence-electron chi connectivity index (χ0n) is 18.1. The van der Waals surface area contributed by atoms with E-state index < -0.39 is 23.6 Å². The fourth-order valence-corrected chi connectivity index (χ4v) is 3.86. The molecule has 0 amide bonds. The Bertz CT molecular complexity index is 1050. The van der Waals surface area contributed by atoms with Gasteiger partial charge in [0.05, 0.1) is 5.60 Å².